The third-order valence-corrected chi connectivity index (χ3v) is 7.08. The normalized spacial score (nSPS) is 14.7. The summed E-state index contributed by atoms with van der Waals surface area (Å²) in [6, 6.07) is 21.1. The number of anilines is 1. The van der Waals surface area contributed by atoms with E-state index >= 15 is 0 Å². The molecule has 6 heteroatoms. The van der Waals surface area contributed by atoms with E-state index < -0.39 is 6.04 Å². The second kappa shape index (κ2) is 8.39. The van der Waals surface area contributed by atoms with Gasteiger partial charge in [-0.3, -0.25) is 14.9 Å². The molecule has 0 saturated carbocycles. The van der Waals surface area contributed by atoms with Gasteiger partial charge in [0.05, 0.1) is 0 Å². The van der Waals surface area contributed by atoms with Crippen LogP contribution >= 0.6 is 11.3 Å². The van der Waals surface area contributed by atoms with Crippen molar-refractivity contribution in [3.8, 4) is 11.1 Å². The Morgan fingerprint density at radius 3 is 2.65 bits per heavy atom. The highest BCUT2D eigenvalue weighted by Gasteiger charge is 2.37. The van der Waals surface area contributed by atoms with Crippen molar-refractivity contribution in [3.05, 3.63) is 112 Å². The summed E-state index contributed by atoms with van der Waals surface area (Å²) in [6.45, 7) is 0.373. The van der Waals surface area contributed by atoms with E-state index in [0.29, 0.717) is 17.2 Å². The maximum atomic E-state index is 13.4. The van der Waals surface area contributed by atoms with Gasteiger partial charge < -0.3 is 4.90 Å². The number of benzene rings is 3. The number of nitrogens with zero attached hydrogens (tertiary/aromatic N) is 2. The Bertz CT molecular complexity index is 1430. The number of allylic oxidation sites excluding steroid dienone is 1. The third-order valence-electron chi connectivity index (χ3n) is 6.39. The summed E-state index contributed by atoms with van der Waals surface area (Å²) in [6.07, 6.45) is 6.95. The lowest BCUT2D eigenvalue weighted by Crippen LogP contribution is -2.37. The predicted molar refractivity (Wildman–Crippen MR) is 134 cm³/mol. The summed E-state index contributed by atoms with van der Waals surface area (Å²) < 4.78 is 0. The van der Waals surface area contributed by atoms with Crippen LogP contribution in [0.25, 0.3) is 17.2 Å². The third kappa shape index (κ3) is 3.62. The minimum Gasteiger partial charge on any atom is -0.318 e. The first kappa shape index (κ1) is 20.6. The monoisotopic (exact) mass is 463 g/mol. The lowest BCUT2D eigenvalue weighted by Gasteiger charge is -2.27. The van der Waals surface area contributed by atoms with Crippen molar-refractivity contribution in [1.82, 2.24) is 9.88 Å². The van der Waals surface area contributed by atoms with Crippen molar-refractivity contribution in [2.24, 2.45) is 0 Å². The summed E-state index contributed by atoms with van der Waals surface area (Å²) in [7, 11) is 0. The summed E-state index contributed by atoms with van der Waals surface area (Å²) in [5.74, 6) is -0.408. The molecule has 5 nitrogen and oxygen atoms in total. The molecule has 3 aromatic carbocycles. The SMILES string of the molecule is O=C(Nc1nccs1)[C@@H](c1ccccc1)N1Cc2cc(-c3ccc4c(c3)C=CC4)ccc2C1=O. The molecule has 2 aliphatic rings. The fourth-order valence-corrected chi connectivity index (χ4v) is 5.26. The Hall–Kier alpha value is -4.03. The minimum absolute atomic E-state index is 0.137. The molecule has 4 aromatic rings. The molecule has 2 heterocycles. The highest BCUT2D eigenvalue weighted by atomic mass is 32.1. The van der Waals surface area contributed by atoms with Gasteiger partial charge in [-0.1, -0.05) is 60.7 Å². The number of carbonyl (C=O) groups is 2. The molecule has 0 saturated heterocycles. The Morgan fingerprint density at radius 2 is 1.82 bits per heavy atom. The van der Waals surface area contributed by atoms with Crippen molar-refractivity contribution < 1.29 is 9.59 Å². The molecule has 0 fully saturated rings. The number of nitrogens with one attached hydrogen (secondary N) is 1. The first-order chi connectivity index (χ1) is 16.7. The van der Waals surface area contributed by atoms with Crippen molar-refractivity contribution >= 4 is 34.4 Å². The van der Waals surface area contributed by atoms with Gasteiger partial charge in [-0.2, -0.15) is 0 Å². The highest BCUT2D eigenvalue weighted by Crippen LogP contribution is 2.35. The average molecular weight is 464 g/mol. The van der Waals surface area contributed by atoms with Crippen molar-refractivity contribution in [3.63, 3.8) is 0 Å². The Labute approximate surface area is 201 Å². The van der Waals surface area contributed by atoms with E-state index in [9.17, 15) is 9.59 Å². The molecule has 34 heavy (non-hydrogen) atoms. The standard InChI is InChI=1S/C28H21N3O2S/c32-26(30-28-29-13-14-34-28)25(19-5-2-1-3-6-19)31-17-23-16-22(11-12-24(23)27(31)33)21-10-9-18-7-4-8-20(18)15-21/h1-6,8-16,25H,7,17H2,(H,29,30,32)/t25-/m1/s1. The lowest BCUT2D eigenvalue weighted by atomic mass is 9.97. The molecular formula is C28H21N3O2S. The van der Waals surface area contributed by atoms with E-state index in [-0.39, 0.29) is 11.8 Å². The highest BCUT2D eigenvalue weighted by molar-refractivity contribution is 7.13. The molecule has 0 bridgehead atoms. The average Bonchev–Trinajstić information content (AvgIpc) is 3.61. The molecule has 0 spiro atoms. The van der Waals surface area contributed by atoms with Crippen LogP contribution in [0.3, 0.4) is 0 Å². The van der Waals surface area contributed by atoms with E-state index in [1.807, 2.05) is 42.5 Å². The molecule has 1 aliphatic carbocycles. The second-order valence-electron chi connectivity index (χ2n) is 8.46. The maximum Gasteiger partial charge on any atom is 0.255 e. The van der Waals surface area contributed by atoms with Gasteiger partial charge in [0.2, 0.25) is 0 Å². The number of thiazole rings is 1. The van der Waals surface area contributed by atoms with Crippen molar-refractivity contribution in [1.29, 1.82) is 0 Å². The predicted octanol–water partition coefficient (Wildman–Crippen LogP) is 5.72. The number of carbonyl (C=O) groups excluding carboxylic acids is 2. The van der Waals surface area contributed by atoms with E-state index in [4.69, 9.17) is 0 Å². The van der Waals surface area contributed by atoms with Crippen LogP contribution in [0.1, 0.15) is 38.7 Å². The molecule has 2 amide bonds. The molecule has 1 N–H and O–H groups in total. The van der Waals surface area contributed by atoms with Gasteiger partial charge in [-0.25, -0.2) is 4.98 Å². The van der Waals surface area contributed by atoms with Crippen LogP contribution in [0.15, 0.2) is 84.4 Å². The fourth-order valence-electron chi connectivity index (χ4n) is 4.73. The zero-order chi connectivity index (χ0) is 23.1. The number of fused-ring (bicyclic) bond motifs is 2. The van der Waals surface area contributed by atoms with E-state index in [2.05, 4.69) is 46.7 Å². The summed E-state index contributed by atoms with van der Waals surface area (Å²) in [5, 5.41) is 5.20. The lowest BCUT2D eigenvalue weighted by molar-refractivity contribution is -0.120. The second-order valence-corrected chi connectivity index (χ2v) is 9.36. The molecule has 166 valence electrons. The van der Waals surface area contributed by atoms with Gasteiger partial charge in [0.15, 0.2) is 5.13 Å². The Balaban J connectivity index is 1.33. The number of rotatable bonds is 5. The first-order valence-electron chi connectivity index (χ1n) is 11.2. The summed E-state index contributed by atoms with van der Waals surface area (Å²) in [4.78, 5) is 32.6. The molecule has 0 radical (unpaired) electrons. The minimum atomic E-state index is -0.751. The zero-order valence-electron chi connectivity index (χ0n) is 18.3. The van der Waals surface area contributed by atoms with Crippen molar-refractivity contribution in [2.45, 2.75) is 19.0 Å². The number of hydrogen-bond acceptors (Lipinski definition) is 4. The van der Waals surface area contributed by atoms with Gasteiger partial charge in [0.1, 0.15) is 6.04 Å². The topological polar surface area (TPSA) is 62.3 Å². The molecule has 1 aromatic heterocycles. The molecule has 6 rings (SSSR count). The maximum absolute atomic E-state index is 13.4. The fraction of sp³-hybridized carbons (Fsp3) is 0.107. The van der Waals surface area contributed by atoms with Crippen LogP contribution in [0.4, 0.5) is 5.13 Å². The van der Waals surface area contributed by atoms with Crippen LogP contribution in [-0.2, 0) is 17.8 Å². The molecular weight excluding hydrogens is 442 g/mol. The molecule has 1 aliphatic heterocycles. The smallest absolute Gasteiger partial charge is 0.255 e. The van der Waals surface area contributed by atoms with Crippen LogP contribution < -0.4 is 5.32 Å². The van der Waals surface area contributed by atoms with Crippen LogP contribution in [0.2, 0.25) is 0 Å². The van der Waals surface area contributed by atoms with Crippen LogP contribution in [0.5, 0.6) is 0 Å². The van der Waals surface area contributed by atoms with Gasteiger partial charge >= 0.3 is 0 Å². The van der Waals surface area contributed by atoms with Gasteiger partial charge in [0.25, 0.3) is 11.8 Å². The van der Waals surface area contributed by atoms with Crippen LogP contribution in [0, 0.1) is 0 Å². The quantitative estimate of drug-likeness (QED) is 0.412. The number of hydrogen-bond donors (Lipinski definition) is 1. The van der Waals surface area contributed by atoms with Gasteiger partial charge in [-0.05, 0) is 58.0 Å². The molecule has 1 atom stereocenters. The van der Waals surface area contributed by atoms with E-state index in [0.717, 1.165) is 28.7 Å². The first-order valence-corrected chi connectivity index (χ1v) is 12.0. The number of amides is 2. The summed E-state index contributed by atoms with van der Waals surface area (Å²) >= 11 is 1.35. The van der Waals surface area contributed by atoms with Crippen LogP contribution in [-0.4, -0.2) is 21.7 Å². The molecule has 0 unspecified atom stereocenters. The zero-order valence-corrected chi connectivity index (χ0v) is 19.1. The Kier molecular flexibility index (Phi) is 5.08. The largest absolute Gasteiger partial charge is 0.318 e. The van der Waals surface area contributed by atoms with E-state index in [1.165, 1.54) is 22.5 Å². The van der Waals surface area contributed by atoms with E-state index in [1.54, 1.807) is 16.5 Å². The van der Waals surface area contributed by atoms with Gasteiger partial charge in [0, 0.05) is 23.7 Å². The Morgan fingerprint density at radius 1 is 1.00 bits per heavy atom. The summed E-state index contributed by atoms with van der Waals surface area (Å²) in [5.41, 5.74) is 7.12. The van der Waals surface area contributed by atoms with Gasteiger partial charge in [-0.15, -0.1) is 11.3 Å². The van der Waals surface area contributed by atoms with Crippen molar-refractivity contribution in [2.75, 3.05) is 5.32 Å². The number of aromatic nitrogens is 1.